The Bertz CT molecular complexity index is 292. The van der Waals surface area contributed by atoms with Gasteiger partial charge in [-0.2, -0.15) is 0 Å². The minimum Gasteiger partial charge on any atom is -0.486 e. The van der Waals surface area contributed by atoms with Crippen LogP contribution in [0.4, 0.5) is 0 Å². The maximum absolute atomic E-state index is 5.74. The lowest BCUT2D eigenvalue weighted by atomic mass is 10.3. The van der Waals surface area contributed by atoms with Crippen LogP contribution in [0.25, 0.3) is 0 Å². The van der Waals surface area contributed by atoms with Gasteiger partial charge in [0.15, 0.2) is 5.73 Å². The molecule has 0 N–H and O–H groups in total. The summed E-state index contributed by atoms with van der Waals surface area (Å²) in [5.41, 5.74) is -0.255. The first-order valence-electron chi connectivity index (χ1n) is 5.05. The molecule has 1 aromatic carbocycles. The lowest BCUT2D eigenvalue weighted by molar-refractivity contribution is 0.0736. The van der Waals surface area contributed by atoms with Gasteiger partial charge < -0.3 is 18.0 Å². The van der Waals surface area contributed by atoms with Crippen LogP contribution in [-0.4, -0.2) is 35.9 Å². The third-order valence-corrected chi connectivity index (χ3v) is 5.23. The average Bonchev–Trinajstić information content (AvgIpc) is 2.33. The van der Waals surface area contributed by atoms with Gasteiger partial charge in [0.05, 0.1) is 0 Å². The molecule has 0 radical (unpaired) electrons. The summed E-state index contributed by atoms with van der Waals surface area (Å²) in [6.45, 7) is 1.88. The molecular weight excluding hydrogens is 224 g/mol. The fourth-order valence-corrected chi connectivity index (χ4v) is 3.30. The van der Waals surface area contributed by atoms with Crippen LogP contribution in [0.2, 0.25) is 0 Å². The lowest BCUT2D eigenvalue weighted by Crippen LogP contribution is -2.55. The Morgan fingerprint density at radius 2 is 1.44 bits per heavy atom. The van der Waals surface area contributed by atoms with Crippen LogP contribution < -0.4 is 4.74 Å². The Hall–Kier alpha value is -0.883. The van der Waals surface area contributed by atoms with E-state index in [4.69, 9.17) is 18.0 Å². The molecule has 0 aliphatic rings. The Morgan fingerprint density at radius 1 is 0.938 bits per heavy atom. The summed E-state index contributed by atoms with van der Waals surface area (Å²) in [6.07, 6.45) is 0. The molecule has 0 fully saturated rings. The largest absolute Gasteiger partial charge is 0.542 e. The van der Waals surface area contributed by atoms with Crippen LogP contribution in [0.3, 0.4) is 0 Å². The summed E-state index contributed by atoms with van der Waals surface area (Å²) in [6, 6.07) is 9.54. The van der Waals surface area contributed by atoms with Gasteiger partial charge in [0.2, 0.25) is 0 Å². The van der Waals surface area contributed by atoms with E-state index in [1.165, 1.54) is 0 Å². The van der Waals surface area contributed by atoms with Crippen molar-refractivity contribution in [1.29, 1.82) is 0 Å². The topological polar surface area (TPSA) is 36.9 Å². The second-order valence-electron chi connectivity index (χ2n) is 3.29. The van der Waals surface area contributed by atoms with Gasteiger partial charge in [-0.25, -0.2) is 0 Å². The summed E-state index contributed by atoms with van der Waals surface area (Å²) in [5.74, 6) is 0.776. The van der Waals surface area contributed by atoms with Crippen LogP contribution in [-0.2, 0) is 13.3 Å². The fraction of sp³-hybridized carbons (Fsp3) is 0.455. The summed E-state index contributed by atoms with van der Waals surface area (Å²) in [7, 11) is 1.99. The van der Waals surface area contributed by atoms with Crippen molar-refractivity contribution in [3.63, 3.8) is 0 Å². The predicted molar refractivity (Wildman–Crippen MR) is 63.3 cm³/mol. The van der Waals surface area contributed by atoms with E-state index < -0.39 is 8.80 Å². The Balaban J connectivity index is 2.73. The molecule has 0 aliphatic carbocycles. The van der Waals surface area contributed by atoms with E-state index in [-0.39, 0.29) is 5.73 Å². The van der Waals surface area contributed by atoms with Gasteiger partial charge in [-0.15, -0.1) is 0 Å². The molecule has 0 heterocycles. The molecular formula is C11H18O4Si. The van der Waals surface area contributed by atoms with Crippen LogP contribution in [0.5, 0.6) is 5.75 Å². The first-order valence-corrected chi connectivity index (χ1v) is 6.86. The molecule has 0 saturated carbocycles. The van der Waals surface area contributed by atoms with E-state index in [9.17, 15) is 0 Å². The number of hydrogen-bond donors (Lipinski definition) is 0. The Kier molecular flexibility index (Phi) is 4.95. The molecule has 1 rings (SSSR count). The van der Waals surface area contributed by atoms with E-state index >= 15 is 0 Å². The van der Waals surface area contributed by atoms with Gasteiger partial charge in [-0.3, -0.25) is 0 Å². The van der Waals surface area contributed by atoms with Crippen molar-refractivity contribution in [2.24, 2.45) is 0 Å². The summed E-state index contributed by atoms with van der Waals surface area (Å²) in [4.78, 5) is 0. The Morgan fingerprint density at radius 3 is 1.88 bits per heavy atom. The number of benzene rings is 1. The molecule has 1 unspecified atom stereocenters. The maximum Gasteiger partial charge on any atom is 0.542 e. The number of hydrogen-bond acceptors (Lipinski definition) is 4. The van der Waals surface area contributed by atoms with Crippen molar-refractivity contribution in [3.8, 4) is 5.75 Å². The molecule has 0 bridgehead atoms. The molecule has 1 aromatic rings. The number of ether oxygens (including phenoxy) is 1. The van der Waals surface area contributed by atoms with E-state index in [1.54, 1.807) is 21.3 Å². The van der Waals surface area contributed by atoms with Crippen LogP contribution >= 0.6 is 0 Å². The van der Waals surface area contributed by atoms with Crippen LogP contribution in [0.1, 0.15) is 6.92 Å². The second kappa shape index (κ2) is 6.00. The molecule has 4 nitrogen and oxygen atoms in total. The quantitative estimate of drug-likeness (QED) is 0.714. The normalized spacial score (nSPS) is 13.5. The van der Waals surface area contributed by atoms with E-state index in [0.29, 0.717) is 0 Å². The van der Waals surface area contributed by atoms with Crippen molar-refractivity contribution < 1.29 is 18.0 Å². The van der Waals surface area contributed by atoms with E-state index in [0.717, 1.165) is 5.75 Å². The monoisotopic (exact) mass is 242 g/mol. The standard InChI is InChI=1S/C11H18O4Si/c1-10(16(12-2,13-3)14-4)15-11-8-6-5-7-9-11/h5-10H,1-4H3. The zero-order chi connectivity index (χ0) is 12.0. The van der Waals surface area contributed by atoms with E-state index in [2.05, 4.69) is 0 Å². The van der Waals surface area contributed by atoms with Crippen molar-refractivity contribution >= 4 is 8.80 Å². The SMILES string of the molecule is CO[Si](OC)(OC)C(C)Oc1ccccc1. The van der Waals surface area contributed by atoms with Crippen molar-refractivity contribution in [2.45, 2.75) is 12.7 Å². The average molecular weight is 242 g/mol. The number of rotatable bonds is 6. The van der Waals surface area contributed by atoms with Crippen LogP contribution in [0.15, 0.2) is 30.3 Å². The minimum absolute atomic E-state index is 0.255. The Labute approximate surface area is 97.5 Å². The highest BCUT2D eigenvalue weighted by Gasteiger charge is 2.47. The molecule has 0 aliphatic heterocycles. The smallest absolute Gasteiger partial charge is 0.486 e. The second-order valence-corrected chi connectivity index (χ2v) is 6.53. The predicted octanol–water partition coefficient (Wildman–Crippen LogP) is 1.87. The first kappa shape index (κ1) is 13.2. The summed E-state index contributed by atoms with van der Waals surface area (Å²) >= 11 is 0. The zero-order valence-corrected chi connectivity index (χ0v) is 11.1. The van der Waals surface area contributed by atoms with E-state index in [1.807, 2.05) is 37.3 Å². The molecule has 0 saturated heterocycles. The third-order valence-electron chi connectivity index (χ3n) is 2.41. The molecule has 0 amide bonds. The van der Waals surface area contributed by atoms with Gasteiger partial charge in [0, 0.05) is 21.3 Å². The molecule has 1 atom stereocenters. The highest BCUT2D eigenvalue weighted by Crippen LogP contribution is 2.18. The molecule has 5 heteroatoms. The van der Waals surface area contributed by atoms with Crippen molar-refractivity contribution in [3.05, 3.63) is 30.3 Å². The molecule has 16 heavy (non-hydrogen) atoms. The van der Waals surface area contributed by atoms with Gasteiger partial charge >= 0.3 is 8.80 Å². The van der Waals surface area contributed by atoms with Gasteiger partial charge in [0.25, 0.3) is 0 Å². The van der Waals surface area contributed by atoms with Crippen molar-refractivity contribution in [2.75, 3.05) is 21.3 Å². The van der Waals surface area contributed by atoms with Crippen LogP contribution in [0, 0.1) is 0 Å². The molecule has 0 spiro atoms. The van der Waals surface area contributed by atoms with Gasteiger partial charge in [-0.05, 0) is 19.1 Å². The first-order chi connectivity index (χ1) is 7.68. The maximum atomic E-state index is 5.74. The highest BCUT2D eigenvalue weighted by atomic mass is 28.4. The van der Waals surface area contributed by atoms with Crippen molar-refractivity contribution in [1.82, 2.24) is 0 Å². The molecule has 90 valence electrons. The summed E-state index contributed by atoms with van der Waals surface area (Å²) < 4.78 is 21.8. The van der Waals surface area contributed by atoms with Gasteiger partial charge in [0.1, 0.15) is 5.75 Å². The third kappa shape index (κ3) is 2.82. The zero-order valence-electron chi connectivity index (χ0n) is 10.1. The highest BCUT2D eigenvalue weighted by molar-refractivity contribution is 6.62. The number of para-hydroxylation sites is 1. The van der Waals surface area contributed by atoms with Gasteiger partial charge in [-0.1, -0.05) is 18.2 Å². The summed E-state index contributed by atoms with van der Waals surface area (Å²) in [5, 5.41) is 0. The molecule has 0 aromatic heterocycles. The lowest BCUT2D eigenvalue weighted by Gasteiger charge is -2.30. The fourth-order valence-electron chi connectivity index (χ4n) is 1.52. The minimum atomic E-state index is -2.73.